The van der Waals surface area contributed by atoms with Crippen LogP contribution >= 0.6 is 58.0 Å². The summed E-state index contributed by atoms with van der Waals surface area (Å²) < 4.78 is 3.13. The van der Waals surface area contributed by atoms with Crippen molar-refractivity contribution in [3.63, 3.8) is 0 Å². The number of carboxylic acids is 1. The van der Waals surface area contributed by atoms with Crippen molar-refractivity contribution in [3.05, 3.63) is 92.4 Å². The Morgan fingerprint density at radius 1 is 0.806 bits per heavy atom. The highest BCUT2D eigenvalue weighted by Crippen LogP contribution is 2.25. The molecule has 2 aromatic carbocycles. The number of aromatic carboxylic acids is 1. The number of alkyl halides is 1. The molecule has 0 atom stereocenters. The Kier molecular flexibility index (Phi) is 7.86. The Hall–Kier alpha value is -2.22. The molecular formula is C20H13Cl5N4O2. The summed E-state index contributed by atoms with van der Waals surface area (Å²) in [6.07, 6.45) is 6.24. The van der Waals surface area contributed by atoms with Crippen LogP contribution in [0.4, 0.5) is 0 Å². The van der Waals surface area contributed by atoms with Gasteiger partial charge in [-0.3, -0.25) is 0 Å². The molecular weight excluding hydrogens is 506 g/mol. The maximum atomic E-state index is 10.7. The SMILES string of the molecule is ClCc1cnn(-c2ccc(Cl)c(Cl)c2)c1.O=C(O)c1cnn(-c2ccc(Cl)c(Cl)c2)c1. The molecule has 4 rings (SSSR count). The highest BCUT2D eigenvalue weighted by atomic mass is 35.5. The lowest BCUT2D eigenvalue weighted by atomic mass is 10.3. The number of hydrogen-bond acceptors (Lipinski definition) is 3. The largest absolute Gasteiger partial charge is 0.478 e. The third-order valence-electron chi connectivity index (χ3n) is 3.96. The van der Waals surface area contributed by atoms with E-state index in [1.165, 1.54) is 17.1 Å². The second-order valence-corrected chi connectivity index (χ2v) is 8.00. The number of carbonyl (C=O) groups is 1. The molecule has 0 aliphatic rings. The minimum atomic E-state index is -1.02. The highest BCUT2D eigenvalue weighted by molar-refractivity contribution is 6.42. The molecule has 0 radical (unpaired) electrons. The zero-order valence-corrected chi connectivity index (χ0v) is 19.3. The minimum absolute atomic E-state index is 0.117. The molecule has 31 heavy (non-hydrogen) atoms. The molecule has 0 amide bonds. The second kappa shape index (κ2) is 10.4. The molecule has 11 heteroatoms. The van der Waals surface area contributed by atoms with Crippen LogP contribution in [0.1, 0.15) is 15.9 Å². The standard InChI is InChI=1S/C10H7Cl3N2.C10H6Cl2N2O2/c11-4-7-5-14-15(6-7)8-1-2-9(12)10(13)3-8;11-8-2-1-7(3-9(8)12)14-5-6(4-13-14)10(15)16/h1-3,5-6H,4H2;1-5H,(H,15,16). The van der Waals surface area contributed by atoms with Gasteiger partial charge in [0.25, 0.3) is 0 Å². The van der Waals surface area contributed by atoms with Gasteiger partial charge in [-0.1, -0.05) is 46.4 Å². The number of halogens is 5. The molecule has 0 aliphatic heterocycles. The van der Waals surface area contributed by atoms with E-state index in [4.69, 9.17) is 63.1 Å². The topological polar surface area (TPSA) is 72.9 Å². The van der Waals surface area contributed by atoms with E-state index in [9.17, 15) is 4.79 Å². The first-order valence-electron chi connectivity index (χ1n) is 8.57. The first kappa shape index (κ1) is 23.4. The van der Waals surface area contributed by atoms with E-state index in [-0.39, 0.29) is 5.56 Å². The average Bonchev–Trinajstić information content (AvgIpc) is 3.42. The van der Waals surface area contributed by atoms with Gasteiger partial charge < -0.3 is 5.11 Å². The highest BCUT2D eigenvalue weighted by Gasteiger charge is 2.08. The van der Waals surface area contributed by atoms with Crippen molar-refractivity contribution >= 4 is 64.0 Å². The summed E-state index contributed by atoms with van der Waals surface area (Å²) in [5.41, 5.74) is 2.59. The molecule has 1 N–H and O–H groups in total. The molecule has 2 aromatic heterocycles. The zero-order chi connectivity index (χ0) is 22.5. The summed E-state index contributed by atoms with van der Waals surface area (Å²) in [5.74, 6) is -0.576. The van der Waals surface area contributed by atoms with E-state index in [2.05, 4.69) is 10.2 Å². The van der Waals surface area contributed by atoms with Gasteiger partial charge in [-0.2, -0.15) is 10.2 Å². The minimum Gasteiger partial charge on any atom is -0.478 e. The summed E-state index contributed by atoms with van der Waals surface area (Å²) >= 11 is 29.0. The second-order valence-electron chi connectivity index (χ2n) is 6.10. The van der Waals surface area contributed by atoms with Gasteiger partial charge in [0.15, 0.2) is 0 Å². The Labute approximate surface area is 202 Å². The monoisotopic (exact) mass is 516 g/mol. The van der Waals surface area contributed by atoms with Crippen LogP contribution in [0.2, 0.25) is 20.1 Å². The lowest BCUT2D eigenvalue weighted by molar-refractivity contribution is 0.0697. The summed E-state index contributed by atoms with van der Waals surface area (Å²) in [5, 5.41) is 18.7. The molecule has 0 bridgehead atoms. The number of aromatic nitrogens is 4. The predicted octanol–water partition coefficient (Wildman–Crippen LogP) is 6.80. The van der Waals surface area contributed by atoms with Crippen molar-refractivity contribution in [2.24, 2.45) is 0 Å². The van der Waals surface area contributed by atoms with Crippen LogP contribution in [0.3, 0.4) is 0 Å². The van der Waals surface area contributed by atoms with Gasteiger partial charge in [0, 0.05) is 18.0 Å². The Bertz CT molecular complexity index is 1220. The van der Waals surface area contributed by atoms with Gasteiger partial charge in [0.05, 0.1) is 55.3 Å². The lowest BCUT2D eigenvalue weighted by Crippen LogP contribution is -1.95. The number of benzene rings is 2. The normalized spacial score (nSPS) is 10.5. The number of carboxylic acid groups (broad SMARTS) is 1. The van der Waals surface area contributed by atoms with Crippen LogP contribution in [-0.4, -0.2) is 30.6 Å². The fourth-order valence-electron chi connectivity index (χ4n) is 2.40. The third-order valence-corrected chi connectivity index (χ3v) is 5.74. The summed E-state index contributed by atoms with van der Waals surface area (Å²) in [6.45, 7) is 0. The number of nitrogens with zero attached hydrogens (tertiary/aromatic N) is 4. The van der Waals surface area contributed by atoms with Gasteiger partial charge >= 0.3 is 5.97 Å². The first-order valence-corrected chi connectivity index (χ1v) is 10.6. The van der Waals surface area contributed by atoms with Crippen LogP contribution in [-0.2, 0) is 5.88 Å². The van der Waals surface area contributed by atoms with Crippen molar-refractivity contribution in [2.45, 2.75) is 5.88 Å². The van der Waals surface area contributed by atoms with Crippen molar-refractivity contribution in [2.75, 3.05) is 0 Å². The smallest absolute Gasteiger partial charge is 0.338 e. The van der Waals surface area contributed by atoms with Crippen LogP contribution < -0.4 is 0 Å². The van der Waals surface area contributed by atoms with Crippen molar-refractivity contribution in [3.8, 4) is 11.4 Å². The molecule has 6 nitrogen and oxygen atoms in total. The zero-order valence-electron chi connectivity index (χ0n) is 15.5. The van der Waals surface area contributed by atoms with Crippen LogP contribution in [0, 0.1) is 0 Å². The van der Waals surface area contributed by atoms with E-state index in [1.54, 1.807) is 41.2 Å². The molecule has 0 fully saturated rings. The maximum Gasteiger partial charge on any atom is 0.338 e. The molecule has 0 spiro atoms. The van der Waals surface area contributed by atoms with Crippen molar-refractivity contribution in [1.29, 1.82) is 0 Å². The third kappa shape index (κ3) is 5.93. The van der Waals surface area contributed by atoms with E-state index in [0.29, 0.717) is 31.7 Å². The molecule has 4 aromatic rings. The number of hydrogen-bond donors (Lipinski definition) is 1. The number of rotatable bonds is 4. The molecule has 0 saturated heterocycles. The predicted molar refractivity (Wildman–Crippen MR) is 124 cm³/mol. The maximum absolute atomic E-state index is 10.7. The summed E-state index contributed by atoms with van der Waals surface area (Å²) in [6, 6.07) is 10.3. The molecule has 160 valence electrons. The van der Waals surface area contributed by atoms with E-state index < -0.39 is 5.97 Å². The van der Waals surface area contributed by atoms with Crippen LogP contribution in [0.15, 0.2) is 61.2 Å². The Balaban J connectivity index is 0.000000176. The van der Waals surface area contributed by atoms with E-state index >= 15 is 0 Å². The van der Waals surface area contributed by atoms with Crippen molar-refractivity contribution < 1.29 is 9.90 Å². The van der Waals surface area contributed by atoms with Crippen LogP contribution in [0.25, 0.3) is 11.4 Å². The summed E-state index contributed by atoms with van der Waals surface area (Å²) in [7, 11) is 0. The first-order chi connectivity index (χ1) is 14.8. The fourth-order valence-corrected chi connectivity index (χ4v) is 3.12. The van der Waals surface area contributed by atoms with E-state index in [0.717, 1.165) is 11.3 Å². The lowest BCUT2D eigenvalue weighted by Gasteiger charge is -2.02. The Morgan fingerprint density at radius 3 is 1.74 bits per heavy atom. The fraction of sp³-hybridized carbons (Fsp3) is 0.0500. The van der Waals surface area contributed by atoms with Gasteiger partial charge in [-0.15, -0.1) is 11.6 Å². The Morgan fingerprint density at radius 2 is 1.32 bits per heavy atom. The van der Waals surface area contributed by atoms with Crippen LogP contribution in [0.5, 0.6) is 0 Å². The van der Waals surface area contributed by atoms with Gasteiger partial charge in [0.2, 0.25) is 0 Å². The molecule has 0 aliphatic carbocycles. The average molecular weight is 519 g/mol. The quantitative estimate of drug-likeness (QED) is 0.302. The molecule has 0 unspecified atom stereocenters. The van der Waals surface area contributed by atoms with Gasteiger partial charge in [-0.25, -0.2) is 14.2 Å². The molecule has 2 heterocycles. The van der Waals surface area contributed by atoms with Gasteiger partial charge in [-0.05, 0) is 36.4 Å². The van der Waals surface area contributed by atoms with Crippen molar-refractivity contribution in [1.82, 2.24) is 19.6 Å². The van der Waals surface area contributed by atoms with E-state index in [1.807, 2.05) is 12.3 Å². The molecule has 0 saturated carbocycles. The van der Waals surface area contributed by atoms with Gasteiger partial charge in [0.1, 0.15) is 0 Å². The summed E-state index contributed by atoms with van der Waals surface area (Å²) in [4.78, 5) is 10.7.